The Hall–Kier alpha value is -3.85. The van der Waals surface area contributed by atoms with Crippen LogP contribution < -0.4 is 14.5 Å². The number of nitrogens with zero attached hydrogens (tertiary/aromatic N) is 9. The monoisotopic (exact) mass is 589 g/mol. The van der Waals surface area contributed by atoms with Crippen molar-refractivity contribution < 1.29 is 13.9 Å². The van der Waals surface area contributed by atoms with Crippen molar-refractivity contribution in [2.75, 3.05) is 62.7 Å². The summed E-state index contributed by atoms with van der Waals surface area (Å²) in [5.74, 6) is 0.0442. The Balaban J connectivity index is 1.29. The lowest BCUT2D eigenvalue weighted by atomic mass is 9.96. The number of aryl methyl sites for hydroxylation is 1. The molecule has 0 saturated carbocycles. The van der Waals surface area contributed by atoms with E-state index in [1.54, 1.807) is 6.33 Å². The van der Waals surface area contributed by atoms with Crippen molar-refractivity contribution >= 4 is 17.5 Å². The lowest BCUT2D eigenvalue weighted by molar-refractivity contribution is -0.131. The van der Waals surface area contributed by atoms with Crippen LogP contribution in [0.25, 0.3) is 0 Å². The minimum absolute atomic E-state index is 0.0900. The van der Waals surface area contributed by atoms with E-state index >= 15 is 0 Å². The summed E-state index contributed by atoms with van der Waals surface area (Å²) < 4.78 is 20.1. The van der Waals surface area contributed by atoms with Crippen molar-refractivity contribution in [1.29, 1.82) is 5.26 Å². The number of rotatable bonds is 7. The van der Waals surface area contributed by atoms with Gasteiger partial charge in [0, 0.05) is 62.0 Å². The second kappa shape index (κ2) is 12.8. The number of ether oxygens (including phenoxy) is 1. The number of piperazine rings is 1. The molecule has 0 aromatic carbocycles. The summed E-state index contributed by atoms with van der Waals surface area (Å²) in [6.45, 7) is 7.40. The molecule has 12 heteroatoms. The van der Waals surface area contributed by atoms with Gasteiger partial charge in [-0.05, 0) is 58.5 Å². The van der Waals surface area contributed by atoms with E-state index in [0.29, 0.717) is 38.2 Å². The summed E-state index contributed by atoms with van der Waals surface area (Å²) in [5, 5.41) is 9.52. The molecule has 1 aliphatic carbocycles. The molecule has 0 N–H and O–H groups in total. The van der Waals surface area contributed by atoms with Gasteiger partial charge in [0.05, 0.1) is 24.2 Å². The Kier molecular flexibility index (Phi) is 8.70. The number of fused-ring (bicyclic) bond motifs is 2. The van der Waals surface area contributed by atoms with E-state index in [2.05, 4.69) is 39.4 Å². The molecule has 3 aliphatic heterocycles. The molecule has 2 saturated heterocycles. The number of hydrogen-bond acceptors (Lipinski definition) is 10. The molecule has 1 amide bonds. The molecule has 2 aromatic heterocycles. The van der Waals surface area contributed by atoms with Crippen LogP contribution in [0.2, 0.25) is 0 Å². The topological polar surface area (TPSA) is 115 Å². The maximum atomic E-state index is 13.8. The van der Waals surface area contributed by atoms with E-state index < -0.39 is 17.8 Å². The molecule has 5 heterocycles. The standard InChI is InChI=1S/C31H40FN9O2/c1-21(32)30(42)41-17-16-40(18-22(41)9-12-33)29-25-10-14-39(28-24-7-3-4-8-26(24)34-20-35-28)15-11-27(25)36-31(37-29)43-19-23-6-5-13-38(23)2/h20,22-23H,1,3-11,13-19H2,2H3/t22-,23-/m0/s1. The van der Waals surface area contributed by atoms with Gasteiger partial charge in [-0.25, -0.2) is 14.4 Å². The molecule has 0 bridgehead atoms. The third-order valence-electron chi connectivity index (χ3n) is 9.38. The quantitative estimate of drug-likeness (QED) is 0.447. The zero-order chi connectivity index (χ0) is 29.9. The zero-order valence-electron chi connectivity index (χ0n) is 25.0. The Labute approximate surface area is 252 Å². The van der Waals surface area contributed by atoms with Gasteiger partial charge in [-0.3, -0.25) is 4.79 Å². The second-order valence-corrected chi connectivity index (χ2v) is 12.0. The minimum Gasteiger partial charge on any atom is -0.462 e. The zero-order valence-corrected chi connectivity index (χ0v) is 25.0. The van der Waals surface area contributed by atoms with E-state index in [1.807, 2.05) is 0 Å². The Morgan fingerprint density at radius 3 is 2.58 bits per heavy atom. The Morgan fingerprint density at radius 2 is 1.79 bits per heavy atom. The summed E-state index contributed by atoms with van der Waals surface area (Å²) >= 11 is 0. The van der Waals surface area contributed by atoms with Crippen molar-refractivity contribution in [1.82, 2.24) is 29.7 Å². The SMILES string of the molecule is C=C(F)C(=O)N1CCN(c2nc(OC[C@@H]3CCCN3C)nc3c2CCN(c2ncnc4c2CCCC4)CC3)C[C@@H]1CC#N. The van der Waals surface area contributed by atoms with Crippen molar-refractivity contribution in [3.63, 3.8) is 0 Å². The van der Waals surface area contributed by atoms with Gasteiger partial charge in [0.15, 0.2) is 5.83 Å². The first kappa shape index (κ1) is 29.2. The average Bonchev–Trinajstić information content (AvgIpc) is 3.31. The molecule has 2 atom stereocenters. The minimum atomic E-state index is -1.01. The summed E-state index contributed by atoms with van der Waals surface area (Å²) in [6, 6.07) is 2.38. The van der Waals surface area contributed by atoms with E-state index in [9.17, 15) is 14.4 Å². The van der Waals surface area contributed by atoms with Gasteiger partial charge >= 0.3 is 6.01 Å². The summed E-state index contributed by atoms with van der Waals surface area (Å²) in [5.41, 5.74) is 4.45. The molecule has 6 rings (SSSR count). The van der Waals surface area contributed by atoms with Crippen molar-refractivity contribution in [2.24, 2.45) is 0 Å². The van der Waals surface area contributed by atoms with Crippen molar-refractivity contribution in [3.8, 4) is 12.1 Å². The third-order valence-corrected chi connectivity index (χ3v) is 9.38. The molecule has 0 radical (unpaired) electrons. The van der Waals surface area contributed by atoms with E-state index in [1.165, 1.54) is 16.9 Å². The van der Waals surface area contributed by atoms with Crippen LogP contribution in [-0.4, -0.2) is 101 Å². The van der Waals surface area contributed by atoms with Crippen LogP contribution in [0.1, 0.15) is 54.6 Å². The molecule has 2 aromatic rings. The number of carbonyl (C=O) groups excluding carboxylic acids is 1. The highest BCUT2D eigenvalue weighted by atomic mass is 19.1. The van der Waals surface area contributed by atoms with Crippen LogP contribution in [0, 0.1) is 11.3 Å². The van der Waals surface area contributed by atoms with Crippen molar-refractivity contribution in [3.05, 3.63) is 41.2 Å². The second-order valence-electron chi connectivity index (χ2n) is 12.0. The van der Waals surface area contributed by atoms with Crippen LogP contribution in [0.3, 0.4) is 0 Å². The van der Waals surface area contributed by atoms with Crippen LogP contribution in [-0.2, 0) is 30.5 Å². The van der Waals surface area contributed by atoms with E-state index in [0.717, 1.165) is 86.7 Å². The maximum Gasteiger partial charge on any atom is 0.318 e. The van der Waals surface area contributed by atoms with E-state index in [-0.39, 0.29) is 13.0 Å². The fourth-order valence-corrected chi connectivity index (χ4v) is 6.98. The number of carbonyl (C=O) groups is 1. The maximum absolute atomic E-state index is 13.8. The molecule has 228 valence electrons. The normalized spacial score (nSPS) is 22.4. The van der Waals surface area contributed by atoms with Crippen LogP contribution >= 0.6 is 0 Å². The van der Waals surface area contributed by atoms with Crippen LogP contribution in [0.4, 0.5) is 16.0 Å². The first-order valence-corrected chi connectivity index (χ1v) is 15.5. The summed E-state index contributed by atoms with van der Waals surface area (Å²) in [4.78, 5) is 39.9. The number of nitriles is 1. The Morgan fingerprint density at radius 1 is 0.977 bits per heavy atom. The Bertz CT molecular complexity index is 1410. The number of halogens is 1. The molecule has 0 unspecified atom stereocenters. The fraction of sp³-hybridized carbons (Fsp3) is 0.613. The predicted molar refractivity (Wildman–Crippen MR) is 160 cm³/mol. The number of likely N-dealkylation sites (tertiary alicyclic amines) is 1. The van der Waals surface area contributed by atoms with Gasteiger partial charge < -0.3 is 24.3 Å². The number of anilines is 2. The van der Waals surface area contributed by atoms with Gasteiger partial charge in [-0.15, -0.1) is 0 Å². The van der Waals surface area contributed by atoms with Crippen molar-refractivity contribution in [2.45, 2.75) is 69.9 Å². The molecule has 4 aliphatic rings. The lowest BCUT2D eigenvalue weighted by Gasteiger charge is -2.41. The van der Waals surface area contributed by atoms with Crippen LogP contribution in [0.5, 0.6) is 6.01 Å². The number of likely N-dealkylation sites (N-methyl/N-ethyl adjacent to an activating group) is 1. The van der Waals surface area contributed by atoms with Gasteiger partial charge in [-0.2, -0.15) is 15.2 Å². The average molecular weight is 590 g/mol. The first-order valence-electron chi connectivity index (χ1n) is 15.5. The lowest BCUT2D eigenvalue weighted by Crippen LogP contribution is -2.55. The molecule has 0 spiro atoms. The van der Waals surface area contributed by atoms with E-state index in [4.69, 9.17) is 19.7 Å². The van der Waals surface area contributed by atoms with Gasteiger partial charge in [0.2, 0.25) is 0 Å². The summed E-state index contributed by atoms with van der Waals surface area (Å²) in [6.07, 6.45) is 9.77. The molecule has 11 nitrogen and oxygen atoms in total. The third kappa shape index (κ3) is 6.13. The van der Waals surface area contributed by atoms with Crippen LogP contribution in [0.15, 0.2) is 18.7 Å². The molecular weight excluding hydrogens is 549 g/mol. The molecule has 43 heavy (non-hydrogen) atoms. The fourth-order valence-electron chi connectivity index (χ4n) is 6.98. The molecular formula is C31H40FN9O2. The van der Waals surface area contributed by atoms with Gasteiger partial charge in [0.1, 0.15) is 24.6 Å². The highest BCUT2D eigenvalue weighted by Crippen LogP contribution is 2.33. The first-order chi connectivity index (χ1) is 20.9. The number of aromatic nitrogens is 4. The van der Waals surface area contributed by atoms with Gasteiger partial charge in [0.25, 0.3) is 5.91 Å². The predicted octanol–water partition coefficient (Wildman–Crippen LogP) is 2.64. The highest BCUT2D eigenvalue weighted by Gasteiger charge is 2.35. The number of amides is 1. The highest BCUT2D eigenvalue weighted by molar-refractivity contribution is 5.91. The smallest absolute Gasteiger partial charge is 0.318 e. The largest absolute Gasteiger partial charge is 0.462 e. The number of hydrogen-bond donors (Lipinski definition) is 0. The molecule has 2 fully saturated rings. The summed E-state index contributed by atoms with van der Waals surface area (Å²) in [7, 11) is 2.12. The van der Waals surface area contributed by atoms with Gasteiger partial charge in [-0.1, -0.05) is 6.58 Å².